The van der Waals surface area contributed by atoms with E-state index >= 15 is 0 Å². The third kappa shape index (κ3) is 1.20. The lowest BCUT2D eigenvalue weighted by molar-refractivity contribution is -0.117. The molecule has 1 aliphatic rings. The van der Waals surface area contributed by atoms with Crippen molar-refractivity contribution in [3.05, 3.63) is 11.6 Å². The minimum Gasteiger partial charge on any atom is -0.346 e. The maximum atomic E-state index is 10.9. The van der Waals surface area contributed by atoms with Crippen LogP contribution >= 0.6 is 0 Å². The first kappa shape index (κ1) is 7.32. The molecular formula is C8H13NO. The predicted molar refractivity (Wildman–Crippen MR) is 40.5 cm³/mol. The Hall–Kier alpha value is -0.790. The highest BCUT2D eigenvalue weighted by Crippen LogP contribution is 2.12. The zero-order chi connectivity index (χ0) is 7.72. The van der Waals surface area contributed by atoms with Crippen LogP contribution in [0.3, 0.4) is 0 Å². The molecule has 0 aromatic rings. The van der Waals surface area contributed by atoms with Gasteiger partial charge in [0, 0.05) is 5.57 Å². The zero-order valence-corrected chi connectivity index (χ0v) is 6.64. The van der Waals surface area contributed by atoms with E-state index in [1.54, 1.807) is 0 Å². The molecule has 1 heterocycles. The van der Waals surface area contributed by atoms with Gasteiger partial charge in [0.25, 0.3) is 0 Å². The molecule has 10 heavy (non-hydrogen) atoms. The standard InChI is InChI=1S/C8H13NO/c1-5(2)7-4-6(3)8(10)9-7/h4-5,7H,1-3H3,(H,9,10)/t7-/m1/s1. The Bertz CT molecular complexity index is 182. The fourth-order valence-electron chi connectivity index (χ4n) is 1.01. The summed E-state index contributed by atoms with van der Waals surface area (Å²) >= 11 is 0. The first-order chi connectivity index (χ1) is 4.61. The third-order valence-electron chi connectivity index (χ3n) is 1.80. The zero-order valence-electron chi connectivity index (χ0n) is 6.64. The molecule has 56 valence electrons. The van der Waals surface area contributed by atoms with Crippen LogP contribution in [0.25, 0.3) is 0 Å². The molecule has 0 fully saturated rings. The third-order valence-corrected chi connectivity index (χ3v) is 1.80. The number of hydrogen-bond acceptors (Lipinski definition) is 1. The topological polar surface area (TPSA) is 29.1 Å². The van der Waals surface area contributed by atoms with Crippen molar-refractivity contribution >= 4 is 5.91 Å². The molecule has 1 rings (SSSR count). The van der Waals surface area contributed by atoms with Gasteiger partial charge in [-0.1, -0.05) is 19.9 Å². The highest BCUT2D eigenvalue weighted by Gasteiger charge is 2.21. The minimum atomic E-state index is 0.0821. The summed E-state index contributed by atoms with van der Waals surface area (Å²) in [7, 11) is 0. The number of hydrogen-bond donors (Lipinski definition) is 1. The van der Waals surface area contributed by atoms with Crippen LogP contribution < -0.4 is 5.32 Å². The molecule has 2 heteroatoms. The summed E-state index contributed by atoms with van der Waals surface area (Å²) in [5.74, 6) is 0.583. The second-order valence-corrected chi connectivity index (χ2v) is 3.09. The highest BCUT2D eigenvalue weighted by molar-refractivity contribution is 5.95. The SMILES string of the molecule is CC1=C[C@H](C(C)C)NC1=O. The van der Waals surface area contributed by atoms with E-state index < -0.39 is 0 Å². The second-order valence-electron chi connectivity index (χ2n) is 3.09. The Morgan fingerprint density at radius 3 is 2.40 bits per heavy atom. The van der Waals surface area contributed by atoms with Crippen LogP contribution in [0.1, 0.15) is 20.8 Å². The van der Waals surface area contributed by atoms with Crippen molar-refractivity contribution in [2.45, 2.75) is 26.8 Å². The normalized spacial score (nSPS) is 25.0. The Kier molecular flexibility index (Phi) is 1.79. The van der Waals surface area contributed by atoms with E-state index in [1.165, 1.54) is 0 Å². The van der Waals surface area contributed by atoms with E-state index in [9.17, 15) is 4.79 Å². The van der Waals surface area contributed by atoms with Crippen LogP contribution in [0.15, 0.2) is 11.6 Å². The smallest absolute Gasteiger partial charge is 0.247 e. The highest BCUT2D eigenvalue weighted by atomic mass is 16.1. The van der Waals surface area contributed by atoms with Crippen LogP contribution in [0.2, 0.25) is 0 Å². The Balaban J connectivity index is 2.65. The molecule has 0 aromatic carbocycles. The number of rotatable bonds is 1. The maximum Gasteiger partial charge on any atom is 0.247 e. The molecule has 1 aliphatic heterocycles. The molecule has 0 radical (unpaired) electrons. The fourth-order valence-corrected chi connectivity index (χ4v) is 1.01. The fraction of sp³-hybridized carbons (Fsp3) is 0.625. The maximum absolute atomic E-state index is 10.9. The van der Waals surface area contributed by atoms with Gasteiger partial charge in [-0.05, 0) is 12.8 Å². The van der Waals surface area contributed by atoms with E-state index in [0.29, 0.717) is 5.92 Å². The molecule has 0 unspecified atom stereocenters. The molecule has 1 amide bonds. The van der Waals surface area contributed by atoms with E-state index in [2.05, 4.69) is 19.2 Å². The van der Waals surface area contributed by atoms with Gasteiger partial charge in [-0.2, -0.15) is 0 Å². The number of nitrogens with one attached hydrogen (secondary N) is 1. The van der Waals surface area contributed by atoms with Crippen molar-refractivity contribution in [1.29, 1.82) is 0 Å². The molecule has 0 spiro atoms. The summed E-state index contributed by atoms with van der Waals surface area (Å²) in [5.41, 5.74) is 0.846. The van der Waals surface area contributed by atoms with E-state index in [4.69, 9.17) is 0 Å². The molecular weight excluding hydrogens is 126 g/mol. The predicted octanol–water partition coefficient (Wildman–Crippen LogP) is 1.09. The van der Waals surface area contributed by atoms with Crippen LogP contribution in [0.4, 0.5) is 0 Å². The molecule has 0 aromatic heterocycles. The number of amides is 1. The van der Waals surface area contributed by atoms with Gasteiger partial charge in [0.15, 0.2) is 0 Å². The van der Waals surface area contributed by atoms with Gasteiger partial charge in [0.2, 0.25) is 5.91 Å². The summed E-state index contributed by atoms with van der Waals surface area (Å²) in [6.07, 6.45) is 1.99. The first-order valence-corrected chi connectivity index (χ1v) is 3.60. The molecule has 1 atom stereocenters. The molecule has 0 saturated carbocycles. The van der Waals surface area contributed by atoms with Crippen LogP contribution in [-0.4, -0.2) is 11.9 Å². The van der Waals surface area contributed by atoms with Gasteiger partial charge >= 0.3 is 0 Å². The van der Waals surface area contributed by atoms with E-state index in [1.807, 2.05) is 13.0 Å². The largest absolute Gasteiger partial charge is 0.346 e. The molecule has 0 bridgehead atoms. The van der Waals surface area contributed by atoms with Crippen molar-refractivity contribution < 1.29 is 4.79 Å². The van der Waals surface area contributed by atoms with Crippen LogP contribution in [0, 0.1) is 5.92 Å². The van der Waals surface area contributed by atoms with Gasteiger partial charge < -0.3 is 5.32 Å². The van der Waals surface area contributed by atoms with Gasteiger partial charge in [-0.15, -0.1) is 0 Å². The summed E-state index contributed by atoms with van der Waals surface area (Å²) in [6, 6.07) is 0.257. The van der Waals surface area contributed by atoms with Crippen molar-refractivity contribution in [3.8, 4) is 0 Å². The van der Waals surface area contributed by atoms with Crippen molar-refractivity contribution in [2.75, 3.05) is 0 Å². The second kappa shape index (κ2) is 2.45. The molecule has 0 aliphatic carbocycles. The lowest BCUT2D eigenvalue weighted by atomic mass is 10.1. The summed E-state index contributed by atoms with van der Waals surface area (Å²) in [6.45, 7) is 6.04. The van der Waals surface area contributed by atoms with Crippen molar-refractivity contribution in [3.63, 3.8) is 0 Å². The van der Waals surface area contributed by atoms with E-state index in [-0.39, 0.29) is 11.9 Å². The lowest BCUT2D eigenvalue weighted by Gasteiger charge is -2.11. The number of carbonyl (C=O) groups excluding carboxylic acids is 1. The summed E-state index contributed by atoms with van der Waals surface area (Å²) in [5, 5.41) is 2.87. The molecule has 2 nitrogen and oxygen atoms in total. The monoisotopic (exact) mass is 139 g/mol. The number of carbonyl (C=O) groups is 1. The minimum absolute atomic E-state index is 0.0821. The van der Waals surface area contributed by atoms with Gasteiger partial charge in [-0.3, -0.25) is 4.79 Å². The van der Waals surface area contributed by atoms with Crippen molar-refractivity contribution in [2.24, 2.45) is 5.92 Å². The Morgan fingerprint density at radius 2 is 2.20 bits per heavy atom. The van der Waals surface area contributed by atoms with Gasteiger partial charge in [0.1, 0.15) is 0 Å². The lowest BCUT2D eigenvalue weighted by Crippen LogP contribution is -2.31. The van der Waals surface area contributed by atoms with Crippen molar-refractivity contribution in [1.82, 2.24) is 5.32 Å². The van der Waals surface area contributed by atoms with Gasteiger partial charge in [-0.25, -0.2) is 0 Å². The Morgan fingerprint density at radius 1 is 1.60 bits per heavy atom. The molecule has 1 N–H and O–H groups in total. The first-order valence-electron chi connectivity index (χ1n) is 3.60. The van der Waals surface area contributed by atoms with E-state index in [0.717, 1.165) is 5.57 Å². The summed E-state index contributed by atoms with van der Waals surface area (Å²) < 4.78 is 0. The quantitative estimate of drug-likeness (QED) is 0.578. The Labute approximate surface area is 61.3 Å². The average molecular weight is 139 g/mol. The van der Waals surface area contributed by atoms with Gasteiger partial charge in [0.05, 0.1) is 6.04 Å². The molecule has 0 saturated heterocycles. The van der Waals surface area contributed by atoms with Crippen LogP contribution in [0.5, 0.6) is 0 Å². The average Bonchev–Trinajstić information content (AvgIpc) is 2.13. The summed E-state index contributed by atoms with van der Waals surface area (Å²) in [4.78, 5) is 10.9. The van der Waals surface area contributed by atoms with Crippen LogP contribution in [-0.2, 0) is 4.79 Å².